The van der Waals surface area contributed by atoms with Crippen molar-refractivity contribution in [3.05, 3.63) is 77.0 Å². The predicted octanol–water partition coefficient (Wildman–Crippen LogP) is 5.09. The first-order valence-electron chi connectivity index (χ1n) is 13.1. The summed E-state index contributed by atoms with van der Waals surface area (Å²) in [5, 5.41) is 9.50. The Balaban J connectivity index is 1.93. The Morgan fingerprint density at radius 1 is 1.03 bits per heavy atom. The minimum absolute atomic E-state index is 0.0768. The topological polar surface area (TPSA) is 114 Å². The summed E-state index contributed by atoms with van der Waals surface area (Å²) >= 11 is 0. The van der Waals surface area contributed by atoms with Gasteiger partial charge in [0.2, 0.25) is 17.7 Å². The summed E-state index contributed by atoms with van der Waals surface area (Å²) in [4.78, 5) is 41.7. The van der Waals surface area contributed by atoms with Gasteiger partial charge in [0.1, 0.15) is 17.6 Å². The molecule has 0 aliphatic carbocycles. The van der Waals surface area contributed by atoms with E-state index in [1.807, 2.05) is 52.0 Å². The number of benzene rings is 2. The molecule has 0 saturated heterocycles. The van der Waals surface area contributed by atoms with Crippen molar-refractivity contribution >= 4 is 23.5 Å². The normalized spacial score (nSPS) is 11.9. The van der Waals surface area contributed by atoms with Crippen LogP contribution in [0.5, 0.6) is 5.75 Å². The maximum Gasteiger partial charge on any atom is 0.247 e. The molecule has 0 aliphatic heterocycles. The van der Waals surface area contributed by atoms with Gasteiger partial charge in [0.25, 0.3) is 0 Å². The van der Waals surface area contributed by atoms with Crippen LogP contribution < -0.4 is 15.4 Å². The second-order valence-electron chi connectivity index (χ2n) is 10.3. The Morgan fingerprint density at radius 2 is 1.69 bits per heavy atom. The van der Waals surface area contributed by atoms with E-state index in [9.17, 15) is 14.4 Å². The van der Waals surface area contributed by atoms with Crippen LogP contribution in [-0.2, 0) is 20.9 Å². The van der Waals surface area contributed by atoms with Crippen LogP contribution in [0.15, 0.2) is 59.1 Å². The van der Waals surface area contributed by atoms with E-state index in [2.05, 4.69) is 15.8 Å². The molecule has 1 heterocycles. The number of nitrogens with one attached hydrogen (secondary N) is 2. The molecule has 0 unspecified atom stereocenters. The number of anilines is 1. The highest BCUT2D eigenvalue weighted by molar-refractivity contribution is 5.94. The van der Waals surface area contributed by atoms with Gasteiger partial charge in [-0.3, -0.25) is 14.4 Å². The number of rotatable bonds is 12. The summed E-state index contributed by atoms with van der Waals surface area (Å²) in [6.07, 6.45) is 0.542. The van der Waals surface area contributed by atoms with Gasteiger partial charge < -0.3 is 24.8 Å². The number of ether oxygens (including phenoxy) is 1. The number of methoxy groups -OCH3 is 1. The Labute approximate surface area is 229 Å². The van der Waals surface area contributed by atoms with Crippen molar-refractivity contribution in [2.45, 2.75) is 72.0 Å². The van der Waals surface area contributed by atoms with Crippen molar-refractivity contribution in [3.8, 4) is 5.75 Å². The molecule has 0 radical (unpaired) electrons. The van der Waals surface area contributed by atoms with Gasteiger partial charge in [0.15, 0.2) is 5.82 Å². The van der Waals surface area contributed by atoms with Crippen molar-refractivity contribution in [1.29, 1.82) is 0 Å². The van der Waals surface area contributed by atoms with Crippen molar-refractivity contribution in [2.75, 3.05) is 12.4 Å². The first-order chi connectivity index (χ1) is 18.5. The van der Waals surface area contributed by atoms with E-state index < -0.39 is 11.6 Å². The SMILES string of the molecule is CCC(C)(C)NC(=O)[C@H](c1ccc(OC)cc1)N(Cc1ccc(C)cc1)C(=O)CCC(=O)Nc1cc(C)on1. The fraction of sp³-hybridized carbons (Fsp3) is 0.400. The van der Waals surface area contributed by atoms with E-state index in [1.54, 1.807) is 49.3 Å². The van der Waals surface area contributed by atoms with Crippen molar-refractivity contribution in [1.82, 2.24) is 15.4 Å². The lowest BCUT2D eigenvalue weighted by atomic mass is 9.97. The fourth-order valence-electron chi connectivity index (χ4n) is 3.96. The first kappa shape index (κ1) is 29.4. The molecule has 0 fully saturated rings. The van der Waals surface area contributed by atoms with E-state index >= 15 is 0 Å². The predicted molar refractivity (Wildman–Crippen MR) is 149 cm³/mol. The first-order valence-corrected chi connectivity index (χ1v) is 13.1. The Hall–Kier alpha value is -4.14. The second kappa shape index (κ2) is 13.1. The highest BCUT2D eigenvalue weighted by atomic mass is 16.5. The molecule has 3 amide bonds. The Bertz CT molecular complexity index is 1270. The molecule has 0 aliphatic rings. The van der Waals surface area contributed by atoms with Gasteiger partial charge in [-0.25, -0.2) is 0 Å². The third-order valence-electron chi connectivity index (χ3n) is 6.59. The van der Waals surface area contributed by atoms with E-state index in [0.29, 0.717) is 29.3 Å². The molecule has 0 saturated carbocycles. The van der Waals surface area contributed by atoms with Crippen LogP contribution >= 0.6 is 0 Å². The molecule has 3 rings (SSSR count). The highest BCUT2D eigenvalue weighted by Gasteiger charge is 2.34. The average molecular weight is 535 g/mol. The smallest absolute Gasteiger partial charge is 0.247 e. The van der Waals surface area contributed by atoms with Crippen molar-refractivity contribution in [3.63, 3.8) is 0 Å². The standard InChI is InChI=1S/C30H38N4O5/c1-7-30(4,5)32-29(37)28(23-12-14-24(38-6)15-13-23)34(19-22-10-8-20(2)9-11-22)27(36)17-16-26(35)31-25-18-21(3)39-33-25/h8-15,18,28H,7,16-17,19H2,1-6H3,(H,32,37)(H,31,33,35)/t28-/m0/s1. The summed E-state index contributed by atoms with van der Waals surface area (Å²) in [6.45, 7) is 9.78. The molecule has 3 aromatic rings. The van der Waals surface area contributed by atoms with Gasteiger partial charge in [-0.15, -0.1) is 0 Å². The van der Waals surface area contributed by atoms with E-state index in [0.717, 1.165) is 11.1 Å². The number of carbonyl (C=O) groups excluding carboxylic acids is 3. The lowest BCUT2D eigenvalue weighted by molar-refractivity contribution is -0.142. The molecule has 0 spiro atoms. The van der Waals surface area contributed by atoms with E-state index in [1.165, 1.54) is 0 Å². The van der Waals surface area contributed by atoms with Crippen molar-refractivity contribution in [2.24, 2.45) is 0 Å². The maximum atomic E-state index is 13.8. The number of aromatic nitrogens is 1. The summed E-state index contributed by atoms with van der Waals surface area (Å²) in [5.74, 6) is 0.502. The van der Waals surface area contributed by atoms with Gasteiger partial charge >= 0.3 is 0 Å². The van der Waals surface area contributed by atoms with Crippen LogP contribution in [0.25, 0.3) is 0 Å². The molecule has 2 N–H and O–H groups in total. The largest absolute Gasteiger partial charge is 0.497 e. The molecule has 1 aromatic heterocycles. The number of nitrogens with zero attached hydrogens (tertiary/aromatic N) is 2. The number of aryl methyl sites for hydroxylation is 2. The summed E-state index contributed by atoms with van der Waals surface area (Å²) in [6, 6.07) is 15.6. The molecule has 39 heavy (non-hydrogen) atoms. The second-order valence-corrected chi connectivity index (χ2v) is 10.3. The molecule has 9 nitrogen and oxygen atoms in total. The molecular weight excluding hydrogens is 496 g/mol. The molecule has 1 atom stereocenters. The van der Waals surface area contributed by atoms with Crippen LogP contribution in [0, 0.1) is 13.8 Å². The summed E-state index contributed by atoms with van der Waals surface area (Å²) < 4.78 is 10.3. The maximum absolute atomic E-state index is 13.8. The number of hydrogen-bond acceptors (Lipinski definition) is 6. The van der Waals surface area contributed by atoms with Crippen LogP contribution in [-0.4, -0.2) is 40.4 Å². The van der Waals surface area contributed by atoms with Gasteiger partial charge in [-0.2, -0.15) is 0 Å². The highest BCUT2D eigenvalue weighted by Crippen LogP contribution is 2.28. The van der Waals surface area contributed by atoms with Crippen molar-refractivity contribution < 1.29 is 23.6 Å². The molecule has 208 valence electrons. The Kier molecular flexibility index (Phi) is 9.87. The number of carbonyl (C=O) groups is 3. The molecule has 2 aromatic carbocycles. The Morgan fingerprint density at radius 3 is 2.26 bits per heavy atom. The molecule has 0 bridgehead atoms. The quantitative estimate of drug-likeness (QED) is 0.334. The van der Waals surface area contributed by atoms with Gasteiger partial charge in [-0.05, 0) is 57.4 Å². The third-order valence-corrected chi connectivity index (χ3v) is 6.59. The number of amides is 3. The third kappa shape index (κ3) is 8.43. The number of hydrogen-bond donors (Lipinski definition) is 2. The summed E-state index contributed by atoms with van der Waals surface area (Å²) in [5.41, 5.74) is 2.13. The zero-order valence-electron chi connectivity index (χ0n) is 23.5. The lowest BCUT2D eigenvalue weighted by Crippen LogP contribution is -2.50. The van der Waals surface area contributed by atoms with Crippen LogP contribution in [0.1, 0.15) is 68.5 Å². The molecule has 9 heteroatoms. The van der Waals surface area contributed by atoms with Crippen LogP contribution in [0.4, 0.5) is 5.82 Å². The minimum atomic E-state index is -0.920. The lowest BCUT2D eigenvalue weighted by Gasteiger charge is -2.35. The van der Waals surface area contributed by atoms with Crippen LogP contribution in [0.3, 0.4) is 0 Å². The van der Waals surface area contributed by atoms with E-state index in [4.69, 9.17) is 9.26 Å². The van der Waals surface area contributed by atoms with Gasteiger partial charge in [0.05, 0.1) is 7.11 Å². The monoisotopic (exact) mass is 534 g/mol. The van der Waals surface area contributed by atoms with Crippen LogP contribution in [0.2, 0.25) is 0 Å². The van der Waals surface area contributed by atoms with Gasteiger partial charge in [-0.1, -0.05) is 54.0 Å². The molecular formula is C30H38N4O5. The zero-order chi connectivity index (χ0) is 28.6. The average Bonchev–Trinajstić information content (AvgIpc) is 3.32. The summed E-state index contributed by atoms with van der Waals surface area (Å²) in [7, 11) is 1.57. The fourth-order valence-corrected chi connectivity index (χ4v) is 3.96. The zero-order valence-corrected chi connectivity index (χ0v) is 23.5. The minimum Gasteiger partial charge on any atom is -0.497 e. The van der Waals surface area contributed by atoms with Gasteiger partial charge in [0, 0.05) is 31.0 Å². The van der Waals surface area contributed by atoms with E-state index in [-0.39, 0.29) is 37.1 Å².